The lowest BCUT2D eigenvalue weighted by Crippen LogP contribution is -2.59. The summed E-state index contributed by atoms with van der Waals surface area (Å²) in [6, 6.07) is 13.6. The first-order chi connectivity index (χ1) is 15.6. The molecule has 1 N–H and O–H groups in total. The van der Waals surface area contributed by atoms with E-state index in [-0.39, 0.29) is 11.8 Å². The Hall–Kier alpha value is -2.89. The van der Waals surface area contributed by atoms with Crippen molar-refractivity contribution in [3.63, 3.8) is 0 Å². The zero-order chi connectivity index (χ0) is 22.6. The van der Waals surface area contributed by atoms with Gasteiger partial charge in [-0.05, 0) is 55.5 Å². The highest BCUT2D eigenvalue weighted by atomic mass is 16.5. The van der Waals surface area contributed by atoms with Gasteiger partial charge in [0.2, 0.25) is 11.8 Å². The number of likely N-dealkylation sites (N-methyl/N-ethyl adjacent to an activating group) is 1. The lowest BCUT2D eigenvalue weighted by molar-refractivity contribution is -0.143. The number of nitrogens with zero attached hydrogens (tertiary/aromatic N) is 2. The first kappa shape index (κ1) is 22.3. The number of amides is 2. The lowest BCUT2D eigenvalue weighted by atomic mass is 9.67. The second-order valence-electron chi connectivity index (χ2n) is 9.08. The van der Waals surface area contributed by atoms with Crippen LogP contribution in [0.15, 0.2) is 48.7 Å². The SMILES string of the molecule is CNC(=O)C1(c2ccccn2)CCCN(C(=O)C2(c3ccc(OC)cc3)CCCCC2)C1. The molecule has 1 saturated carbocycles. The number of aromatic nitrogens is 1. The van der Waals surface area contributed by atoms with Crippen molar-refractivity contribution in [2.24, 2.45) is 0 Å². The topological polar surface area (TPSA) is 71.5 Å². The van der Waals surface area contributed by atoms with E-state index in [2.05, 4.69) is 10.3 Å². The third-order valence-corrected chi connectivity index (χ3v) is 7.36. The van der Waals surface area contributed by atoms with Crippen molar-refractivity contribution in [3.05, 3.63) is 59.9 Å². The Kier molecular flexibility index (Phi) is 6.49. The van der Waals surface area contributed by atoms with Gasteiger partial charge in [0.25, 0.3) is 0 Å². The molecule has 1 aliphatic carbocycles. The van der Waals surface area contributed by atoms with E-state index in [1.165, 1.54) is 0 Å². The molecule has 170 valence electrons. The van der Waals surface area contributed by atoms with Crippen LogP contribution in [0.25, 0.3) is 0 Å². The molecule has 1 saturated heterocycles. The minimum Gasteiger partial charge on any atom is -0.497 e. The van der Waals surface area contributed by atoms with Crippen LogP contribution in [-0.4, -0.2) is 48.9 Å². The molecule has 2 heterocycles. The largest absolute Gasteiger partial charge is 0.497 e. The minimum atomic E-state index is -0.820. The second kappa shape index (κ2) is 9.31. The summed E-state index contributed by atoms with van der Waals surface area (Å²) >= 11 is 0. The van der Waals surface area contributed by atoms with Crippen molar-refractivity contribution in [1.29, 1.82) is 0 Å². The summed E-state index contributed by atoms with van der Waals surface area (Å²) in [5.74, 6) is 0.862. The number of carbonyl (C=O) groups is 2. The maximum atomic E-state index is 14.2. The number of rotatable bonds is 5. The zero-order valence-corrected chi connectivity index (χ0v) is 19.1. The molecule has 0 radical (unpaired) electrons. The average molecular weight is 436 g/mol. The van der Waals surface area contributed by atoms with E-state index in [4.69, 9.17) is 4.74 Å². The predicted octanol–water partition coefficient (Wildman–Crippen LogP) is 3.60. The Labute approximate surface area is 190 Å². The fraction of sp³-hybridized carbons (Fsp3) is 0.500. The van der Waals surface area contributed by atoms with Gasteiger partial charge in [-0.3, -0.25) is 14.6 Å². The van der Waals surface area contributed by atoms with Crippen molar-refractivity contribution in [2.45, 2.75) is 55.8 Å². The summed E-state index contributed by atoms with van der Waals surface area (Å²) in [5, 5.41) is 2.84. The highest BCUT2D eigenvalue weighted by Gasteiger charge is 2.50. The average Bonchev–Trinajstić information content (AvgIpc) is 2.88. The fourth-order valence-electron chi connectivity index (χ4n) is 5.62. The number of pyridine rings is 1. The van der Waals surface area contributed by atoms with Gasteiger partial charge in [0, 0.05) is 26.3 Å². The van der Waals surface area contributed by atoms with Crippen molar-refractivity contribution in [3.8, 4) is 5.75 Å². The number of benzene rings is 1. The maximum absolute atomic E-state index is 14.2. The van der Waals surface area contributed by atoms with Crippen LogP contribution in [-0.2, 0) is 20.4 Å². The fourth-order valence-corrected chi connectivity index (χ4v) is 5.62. The van der Waals surface area contributed by atoms with Crippen molar-refractivity contribution < 1.29 is 14.3 Å². The van der Waals surface area contributed by atoms with Gasteiger partial charge in [-0.15, -0.1) is 0 Å². The molecule has 2 aromatic rings. The van der Waals surface area contributed by atoms with Gasteiger partial charge in [0.05, 0.1) is 18.2 Å². The molecule has 1 aliphatic heterocycles. The van der Waals surface area contributed by atoms with E-state index < -0.39 is 10.8 Å². The van der Waals surface area contributed by atoms with Crippen molar-refractivity contribution >= 4 is 11.8 Å². The van der Waals surface area contributed by atoms with Gasteiger partial charge in [0.15, 0.2) is 0 Å². The molecule has 6 nitrogen and oxygen atoms in total. The van der Waals surface area contributed by atoms with E-state index in [0.29, 0.717) is 19.5 Å². The van der Waals surface area contributed by atoms with E-state index >= 15 is 0 Å². The normalized spacial score (nSPS) is 22.8. The number of methoxy groups -OCH3 is 1. The van der Waals surface area contributed by atoms with Crippen LogP contribution in [0.2, 0.25) is 0 Å². The first-order valence-corrected chi connectivity index (χ1v) is 11.6. The Morgan fingerprint density at radius 2 is 1.69 bits per heavy atom. The molecule has 2 aliphatic rings. The summed E-state index contributed by atoms with van der Waals surface area (Å²) < 4.78 is 5.33. The van der Waals surface area contributed by atoms with E-state index in [1.54, 1.807) is 20.4 Å². The standard InChI is InChI=1S/C26H33N3O3/c1-27-23(30)26(22-9-4-7-17-28-22)16-8-18-29(19-26)24(31)25(14-5-3-6-15-25)20-10-12-21(32-2)13-11-20/h4,7,9-13,17H,3,5-6,8,14-16,18-19H2,1-2H3,(H,27,30). The molecule has 1 unspecified atom stereocenters. The van der Waals surface area contributed by atoms with E-state index in [0.717, 1.165) is 55.5 Å². The van der Waals surface area contributed by atoms with Crippen LogP contribution in [0.3, 0.4) is 0 Å². The molecular weight excluding hydrogens is 402 g/mol. The second-order valence-corrected chi connectivity index (χ2v) is 9.08. The van der Waals surface area contributed by atoms with Crippen LogP contribution in [0.1, 0.15) is 56.2 Å². The third kappa shape index (κ3) is 3.87. The monoisotopic (exact) mass is 435 g/mol. The Balaban J connectivity index is 1.70. The summed E-state index contributed by atoms with van der Waals surface area (Å²) in [6.45, 7) is 1.03. The van der Waals surface area contributed by atoms with Crippen LogP contribution in [0.5, 0.6) is 5.75 Å². The molecule has 1 aromatic heterocycles. The molecule has 2 fully saturated rings. The van der Waals surface area contributed by atoms with Gasteiger partial charge in [0.1, 0.15) is 11.2 Å². The molecule has 4 rings (SSSR count). The number of ether oxygens (including phenoxy) is 1. The van der Waals surface area contributed by atoms with Gasteiger partial charge >= 0.3 is 0 Å². The van der Waals surface area contributed by atoms with Crippen LogP contribution in [0, 0.1) is 0 Å². The Morgan fingerprint density at radius 1 is 0.969 bits per heavy atom. The smallest absolute Gasteiger partial charge is 0.233 e. The van der Waals surface area contributed by atoms with Gasteiger partial charge < -0.3 is 15.0 Å². The number of hydrogen-bond donors (Lipinski definition) is 1. The highest BCUT2D eigenvalue weighted by molar-refractivity contribution is 5.92. The van der Waals surface area contributed by atoms with E-state index in [9.17, 15) is 9.59 Å². The van der Waals surface area contributed by atoms with Crippen molar-refractivity contribution in [1.82, 2.24) is 15.2 Å². The molecular formula is C26H33N3O3. The van der Waals surface area contributed by atoms with Crippen molar-refractivity contribution in [2.75, 3.05) is 27.2 Å². The van der Waals surface area contributed by atoms with E-state index in [1.807, 2.05) is 47.4 Å². The molecule has 2 amide bonds. The quantitative estimate of drug-likeness (QED) is 0.779. The first-order valence-electron chi connectivity index (χ1n) is 11.6. The number of carbonyl (C=O) groups excluding carboxylic acids is 2. The predicted molar refractivity (Wildman–Crippen MR) is 124 cm³/mol. The van der Waals surface area contributed by atoms with Gasteiger partial charge in [-0.2, -0.15) is 0 Å². The number of nitrogens with one attached hydrogen (secondary N) is 1. The molecule has 0 spiro atoms. The summed E-state index contributed by atoms with van der Waals surface area (Å²) in [5.41, 5.74) is 0.427. The Morgan fingerprint density at radius 3 is 2.31 bits per heavy atom. The minimum absolute atomic E-state index is 0.0733. The zero-order valence-electron chi connectivity index (χ0n) is 19.1. The maximum Gasteiger partial charge on any atom is 0.233 e. The van der Waals surface area contributed by atoms with Crippen LogP contribution < -0.4 is 10.1 Å². The van der Waals surface area contributed by atoms with Gasteiger partial charge in [-0.1, -0.05) is 37.5 Å². The number of hydrogen-bond acceptors (Lipinski definition) is 4. The number of piperidine rings is 1. The molecule has 1 aromatic carbocycles. The van der Waals surface area contributed by atoms with Gasteiger partial charge in [-0.25, -0.2) is 0 Å². The molecule has 1 atom stereocenters. The van der Waals surface area contributed by atoms with Crippen LogP contribution in [0.4, 0.5) is 0 Å². The lowest BCUT2D eigenvalue weighted by Gasteiger charge is -2.46. The third-order valence-electron chi connectivity index (χ3n) is 7.36. The van der Waals surface area contributed by atoms with Crippen LogP contribution >= 0.6 is 0 Å². The molecule has 0 bridgehead atoms. The Bertz CT molecular complexity index is 939. The number of likely N-dealkylation sites (tertiary alicyclic amines) is 1. The molecule has 6 heteroatoms. The highest BCUT2D eigenvalue weighted by Crippen LogP contribution is 2.43. The summed E-state index contributed by atoms with van der Waals surface area (Å²) in [6.07, 6.45) is 8.08. The summed E-state index contributed by atoms with van der Waals surface area (Å²) in [4.78, 5) is 33.8. The molecule has 32 heavy (non-hydrogen) atoms. The summed E-state index contributed by atoms with van der Waals surface area (Å²) in [7, 11) is 3.31.